The van der Waals surface area contributed by atoms with Gasteiger partial charge in [0.2, 0.25) is 0 Å². The lowest BCUT2D eigenvalue weighted by Crippen LogP contribution is -2.04. The molecule has 3 rings (SSSR count). The molecule has 0 spiro atoms. The number of nitrogens with zero attached hydrogens (tertiary/aromatic N) is 3. The number of hydrogen-bond acceptors (Lipinski definition) is 3. The fourth-order valence-corrected chi connectivity index (χ4v) is 2.07. The fourth-order valence-electron chi connectivity index (χ4n) is 2.07. The Kier molecular flexibility index (Phi) is 3.77. The first-order valence-corrected chi connectivity index (χ1v) is 6.72. The quantitative estimate of drug-likeness (QED) is 0.733. The Labute approximate surface area is 130 Å². The van der Waals surface area contributed by atoms with Crippen molar-refractivity contribution in [2.75, 3.05) is 7.11 Å². The Morgan fingerprint density at radius 1 is 0.957 bits per heavy atom. The number of halogens is 3. The van der Waals surface area contributed by atoms with Gasteiger partial charge < -0.3 is 4.74 Å². The Bertz CT molecular complexity index is 793. The second-order valence-electron chi connectivity index (χ2n) is 4.79. The van der Waals surface area contributed by atoms with Crippen molar-refractivity contribution in [3.8, 4) is 22.7 Å². The van der Waals surface area contributed by atoms with Gasteiger partial charge in [0.1, 0.15) is 11.4 Å². The molecule has 118 valence electrons. The van der Waals surface area contributed by atoms with Crippen molar-refractivity contribution in [2.45, 2.75) is 6.18 Å². The number of aromatic nitrogens is 3. The third kappa shape index (κ3) is 3.18. The molecule has 0 bridgehead atoms. The summed E-state index contributed by atoms with van der Waals surface area (Å²) in [4.78, 5) is 1.41. The lowest BCUT2D eigenvalue weighted by molar-refractivity contribution is -0.137. The number of benzene rings is 2. The van der Waals surface area contributed by atoms with E-state index in [0.717, 1.165) is 17.8 Å². The van der Waals surface area contributed by atoms with Crippen LogP contribution in [0.1, 0.15) is 5.56 Å². The maximum absolute atomic E-state index is 12.6. The van der Waals surface area contributed by atoms with Crippen molar-refractivity contribution >= 4 is 0 Å². The van der Waals surface area contributed by atoms with Gasteiger partial charge in [0.05, 0.1) is 24.6 Å². The number of alkyl halides is 3. The van der Waals surface area contributed by atoms with E-state index in [4.69, 9.17) is 4.74 Å². The van der Waals surface area contributed by atoms with Crippen molar-refractivity contribution < 1.29 is 17.9 Å². The molecule has 4 nitrogen and oxygen atoms in total. The van der Waals surface area contributed by atoms with Gasteiger partial charge in [0.25, 0.3) is 0 Å². The molecule has 0 aliphatic rings. The molecule has 1 aromatic heterocycles. The smallest absolute Gasteiger partial charge is 0.416 e. The third-order valence-electron chi connectivity index (χ3n) is 3.30. The van der Waals surface area contributed by atoms with Gasteiger partial charge in [-0.2, -0.15) is 23.1 Å². The predicted octanol–water partition coefficient (Wildman–Crippen LogP) is 3.96. The molecule has 0 unspecified atom stereocenters. The van der Waals surface area contributed by atoms with E-state index in [-0.39, 0.29) is 0 Å². The maximum atomic E-state index is 12.6. The standard InChI is InChI=1S/C16H12F3N3O/c1-23-14-8-6-13(7-9-14)22-20-10-15(21-22)11-2-4-12(5-3-11)16(17,18)19/h2-10H,1H3. The summed E-state index contributed by atoms with van der Waals surface area (Å²) in [6, 6.07) is 11.9. The van der Waals surface area contributed by atoms with Gasteiger partial charge in [-0.3, -0.25) is 0 Å². The number of hydrogen-bond donors (Lipinski definition) is 0. The van der Waals surface area contributed by atoms with Gasteiger partial charge >= 0.3 is 6.18 Å². The van der Waals surface area contributed by atoms with Crippen LogP contribution in [-0.2, 0) is 6.18 Å². The first kappa shape index (κ1) is 15.1. The highest BCUT2D eigenvalue weighted by Crippen LogP contribution is 2.30. The zero-order valence-corrected chi connectivity index (χ0v) is 12.1. The molecule has 0 saturated heterocycles. The minimum atomic E-state index is -4.35. The molecule has 0 N–H and O–H groups in total. The van der Waals surface area contributed by atoms with Crippen LogP contribution < -0.4 is 4.74 Å². The second kappa shape index (κ2) is 5.75. The van der Waals surface area contributed by atoms with Gasteiger partial charge in [-0.15, -0.1) is 5.10 Å². The second-order valence-corrected chi connectivity index (χ2v) is 4.79. The van der Waals surface area contributed by atoms with Crippen LogP contribution >= 0.6 is 0 Å². The summed E-state index contributed by atoms with van der Waals surface area (Å²) in [5.41, 5.74) is 1.10. The lowest BCUT2D eigenvalue weighted by atomic mass is 10.1. The molecule has 0 fully saturated rings. The van der Waals surface area contributed by atoms with Crippen LogP contribution in [0.5, 0.6) is 5.75 Å². The first-order valence-electron chi connectivity index (χ1n) is 6.72. The minimum absolute atomic E-state index is 0.495. The van der Waals surface area contributed by atoms with Gasteiger partial charge in [-0.25, -0.2) is 0 Å². The van der Waals surface area contributed by atoms with Crippen molar-refractivity contribution in [2.24, 2.45) is 0 Å². The Hall–Kier alpha value is -2.83. The van der Waals surface area contributed by atoms with E-state index < -0.39 is 11.7 Å². The average Bonchev–Trinajstić information content (AvgIpc) is 3.04. The minimum Gasteiger partial charge on any atom is -0.497 e. The SMILES string of the molecule is COc1ccc(-n2ncc(-c3ccc(C(F)(F)F)cc3)n2)cc1. The molecule has 0 radical (unpaired) electrons. The molecule has 23 heavy (non-hydrogen) atoms. The molecule has 0 atom stereocenters. The van der Waals surface area contributed by atoms with E-state index in [1.165, 1.54) is 23.1 Å². The normalized spacial score (nSPS) is 11.5. The zero-order chi connectivity index (χ0) is 16.4. The zero-order valence-electron chi connectivity index (χ0n) is 12.1. The van der Waals surface area contributed by atoms with E-state index >= 15 is 0 Å². The molecule has 3 aromatic rings. The first-order chi connectivity index (χ1) is 11.0. The molecule has 0 saturated carbocycles. The van der Waals surface area contributed by atoms with Crippen LogP contribution in [0.25, 0.3) is 16.9 Å². The van der Waals surface area contributed by atoms with Gasteiger partial charge in [-0.1, -0.05) is 12.1 Å². The largest absolute Gasteiger partial charge is 0.497 e. The Balaban J connectivity index is 1.86. The van der Waals surface area contributed by atoms with Crippen LogP contribution in [0.4, 0.5) is 13.2 Å². The van der Waals surface area contributed by atoms with Crippen molar-refractivity contribution in [1.82, 2.24) is 15.0 Å². The summed E-state index contributed by atoms with van der Waals surface area (Å²) >= 11 is 0. The molecule has 0 aliphatic heterocycles. The predicted molar refractivity (Wildman–Crippen MR) is 78.3 cm³/mol. The molecular weight excluding hydrogens is 307 g/mol. The summed E-state index contributed by atoms with van der Waals surface area (Å²) < 4.78 is 42.8. The topological polar surface area (TPSA) is 39.9 Å². The van der Waals surface area contributed by atoms with Crippen molar-refractivity contribution in [1.29, 1.82) is 0 Å². The van der Waals surface area contributed by atoms with Crippen LogP contribution in [0, 0.1) is 0 Å². The molecular formula is C16H12F3N3O. The number of rotatable bonds is 3. The van der Waals surface area contributed by atoms with E-state index in [9.17, 15) is 13.2 Å². The van der Waals surface area contributed by atoms with Crippen LogP contribution in [0.2, 0.25) is 0 Å². The highest BCUT2D eigenvalue weighted by molar-refractivity contribution is 5.58. The van der Waals surface area contributed by atoms with E-state index in [1.807, 2.05) is 0 Å². The van der Waals surface area contributed by atoms with E-state index in [2.05, 4.69) is 10.2 Å². The Morgan fingerprint density at radius 3 is 2.17 bits per heavy atom. The summed E-state index contributed by atoms with van der Waals surface area (Å²) in [6.07, 6.45) is -2.84. The van der Waals surface area contributed by atoms with Crippen LogP contribution in [-0.4, -0.2) is 22.1 Å². The molecule has 2 aromatic carbocycles. The van der Waals surface area contributed by atoms with Crippen molar-refractivity contribution in [3.05, 3.63) is 60.3 Å². The third-order valence-corrected chi connectivity index (χ3v) is 3.30. The molecule has 1 heterocycles. The Morgan fingerprint density at radius 2 is 1.61 bits per heavy atom. The summed E-state index contributed by atoms with van der Waals surface area (Å²) in [7, 11) is 1.57. The fraction of sp³-hybridized carbons (Fsp3) is 0.125. The lowest BCUT2D eigenvalue weighted by Gasteiger charge is -2.06. The average molecular weight is 319 g/mol. The monoisotopic (exact) mass is 319 g/mol. The van der Waals surface area contributed by atoms with Crippen LogP contribution in [0.3, 0.4) is 0 Å². The summed E-state index contributed by atoms with van der Waals surface area (Å²) in [6.45, 7) is 0. The number of methoxy groups -OCH3 is 1. The van der Waals surface area contributed by atoms with Crippen LogP contribution in [0.15, 0.2) is 54.7 Å². The summed E-state index contributed by atoms with van der Waals surface area (Å²) in [5, 5.41) is 8.41. The van der Waals surface area contributed by atoms with Crippen molar-refractivity contribution in [3.63, 3.8) is 0 Å². The molecule has 7 heteroatoms. The maximum Gasteiger partial charge on any atom is 0.416 e. The van der Waals surface area contributed by atoms with Gasteiger partial charge in [-0.05, 0) is 36.4 Å². The van der Waals surface area contributed by atoms with E-state index in [1.54, 1.807) is 31.4 Å². The highest BCUT2D eigenvalue weighted by Gasteiger charge is 2.30. The number of ether oxygens (including phenoxy) is 1. The highest BCUT2D eigenvalue weighted by atomic mass is 19.4. The van der Waals surface area contributed by atoms with E-state index in [0.29, 0.717) is 17.0 Å². The van der Waals surface area contributed by atoms with Gasteiger partial charge in [0.15, 0.2) is 0 Å². The summed E-state index contributed by atoms with van der Waals surface area (Å²) in [5.74, 6) is 0.712. The molecule has 0 aliphatic carbocycles. The van der Waals surface area contributed by atoms with Gasteiger partial charge in [0, 0.05) is 5.56 Å². The molecule has 0 amide bonds.